The van der Waals surface area contributed by atoms with E-state index in [-0.39, 0.29) is 5.82 Å². The Hall–Kier alpha value is -0.135. The zero-order valence-electron chi connectivity index (χ0n) is 10.4. The number of hydrogen-bond acceptors (Lipinski definition) is 2. The SMILES string of the molecule is CC1(C)OB(c2cc(I)ccc2F)OC1(C)C. The third-order valence-corrected chi connectivity index (χ3v) is 4.14. The van der Waals surface area contributed by atoms with Crippen molar-refractivity contribution >= 4 is 35.2 Å². The monoisotopic (exact) mass is 348 g/mol. The average Bonchev–Trinajstić information content (AvgIpc) is 2.40. The van der Waals surface area contributed by atoms with E-state index in [1.165, 1.54) is 6.07 Å². The van der Waals surface area contributed by atoms with Crippen LogP contribution in [0.1, 0.15) is 27.7 Å². The van der Waals surface area contributed by atoms with Crippen molar-refractivity contribution < 1.29 is 13.7 Å². The molecule has 0 saturated carbocycles. The summed E-state index contributed by atoms with van der Waals surface area (Å²) in [5.41, 5.74) is -0.410. The summed E-state index contributed by atoms with van der Waals surface area (Å²) in [6.45, 7) is 7.83. The molecule has 1 aromatic rings. The normalized spacial score (nSPS) is 21.9. The van der Waals surface area contributed by atoms with Crippen LogP contribution in [0.15, 0.2) is 18.2 Å². The molecule has 17 heavy (non-hydrogen) atoms. The Balaban J connectivity index is 2.35. The number of benzene rings is 1. The van der Waals surface area contributed by atoms with Crippen LogP contribution in [0.25, 0.3) is 0 Å². The van der Waals surface area contributed by atoms with E-state index >= 15 is 0 Å². The molecule has 0 radical (unpaired) electrons. The predicted molar refractivity (Wildman–Crippen MR) is 74.8 cm³/mol. The Labute approximate surface area is 115 Å². The van der Waals surface area contributed by atoms with Crippen LogP contribution >= 0.6 is 22.6 Å². The van der Waals surface area contributed by atoms with Gasteiger partial charge in [-0.1, -0.05) is 0 Å². The second kappa shape index (κ2) is 4.21. The van der Waals surface area contributed by atoms with E-state index in [4.69, 9.17) is 9.31 Å². The molecule has 2 nitrogen and oxygen atoms in total. The molecule has 0 spiro atoms. The van der Waals surface area contributed by atoms with Gasteiger partial charge in [-0.05, 0) is 68.5 Å². The summed E-state index contributed by atoms with van der Waals surface area (Å²) >= 11 is 2.15. The first kappa shape index (κ1) is 13.3. The summed E-state index contributed by atoms with van der Waals surface area (Å²) in [6, 6.07) is 4.94. The molecular formula is C12H15BFIO2. The standard InChI is InChI=1S/C12H15BFIO2/c1-11(2)12(3,4)17-13(16-11)9-7-8(15)5-6-10(9)14/h5-7H,1-4H3. The molecule has 0 unspecified atom stereocenters. The van der Waals surface area contributed by atoms with Crippen LogP contribution in [0.4, 0.5) is 4.39 Å². The summed E-state index contributed by atoms with van der Waals surface area (Å²) in [5, 5.41) is 0. The minimum Gasteiger partial charge on any atom is -0.399 e. The van der Waals surface area contributed by atoms with Crippen LogP contribution in [-0.4, -0.2) is 18.3 Å². The van der Waals surface area contributed by atoms with Gasteiger partial charge < -0.3 is 9.31 Å². The van der Waals surface area contributed by atoms with E-state index in [0.717, 1.165) is 3.57 Å². The van der Waals surface area contributed by atoms with Crippen molar-refractivity contribution in [2.75, 3.05) is 0 Å². The molecule has 0 bridgehead atoms. The highest BCUT2D eigenvalue weighted by atomic mass is 127. The van der Waals surface area contributed by atoms with E-state index in [1.807, 2.05) is 27.7 Å². The lowest BCUT2D eigenvalue weighted by Crippen LogP contribution is -2.41. The molecule has 1 aliphatic heterocycles. The van der Waals surface area contributed by atoms with Crippen LogP contribution < -0.4 is 5.46 Å². The van der Waals surface area contributed by atoms with Crippen molar-refractivity contribution in [1.82, 2.24) is 0 Å². The van der Waals surface area contributed by atoms with Gasteiger partial charge in [0, 0.05) is 9.03 Å². The molecule has 5 heteroatoms. The zero-order chi connectivity index (χ0) is 12.8. The van der Waals surface area contributed by atoms with E-state index in [2.05, 4.69) is 22.6 Å². The molecule has 92 valence electrons. The maximum Gasteiger partial charge on any atom is 0.497 e. The number of rotatable bonds is 1. The van der Waals surface area contributed by atoms with Crippen molar-refractivity contribution in [3.05, 3.63) is 27.6 Å². The lowest BCUT2D eigenvalue weighted by Gasteiger charge is -2.32. The van der Waals surface area contributed by atoms with Crippen LogP contribution in [0.2, 0.25) is 0 Å². The molecule has 1 aromatic carbocycles. The molecule has 0 atom stereocenters. The van der Waals surface area contributed by atoms with Gasteiger partial charge in [0.15, 0.2) is 0 Å². The fourth-order valence-corrected chi connectivity index (χ4v) is 2.18. The zero-order valence-corrected chi connectivity index (χ0v) is 12.5. The predicted octanol–water partition coefficient (Wildman–Crippen LogP) is 2.73. The van der Waals surface area contributed by atoms with Gasteiger partial charge in [-0.25, -0.2) is 4.39 Å². The van der Waals surface area contributed by atoms with Crippen molar-refractivity contribution in [1.29, 1.82) is 0 Å². The molecule has 0 N–H and O–H groups in total. The molecule has 0 aromatic heterocycles. The van der Waals surface area contributed by atoms with Crippen molar-refractivity contribution in [2.24, 2.45) is 0 Å². The largest absolute Gasteiger partial charge is 0.497 e. The summed E-state index contributed by atoms with van der Waals surface area (Å²) in [4.78, 5) is 0. The smallest absolute Gasteiger partial charge is 0.399 e. The van der Waals surface area contributed by atoms with Gasteiger partial charge in [-0.2, -0.15) is 0 Å². The van der Waals surface area contributed by atoms with Gasteiger partial charge in [0.2, 0.25) is 0 Å². The first-order valence-electron chi connectivity index (χ1n) is 5.53. The fourth-order valence-electron chi connectivity index (χ4n) is 1.67. The molecule has 1 fully saturated rings. The molecule has 1 saturated heterocycles. The molecule has 0 aliphatic carbocycles. The summed E-state index contributed by atoms with van der Waals surface area (Å²) in [7, 11) is -0.630. The lowest BCUT2D eigenvalue weighted by molar-refractivity contribution is 0.00578. The van der Waals surface area contributed by atoms with Gasteiger partial charge in [0.05, 0.1) is 11.2 Å². The second-order valence-corrected chi connectivity index (χ2v) is 6.50. The van der Waals surface area contributed by atoms with Crippen molar-refractivity contribution in [2.45, 2.75) is 38.9 Å². The first-order chi connectivity index (χ1) is 7.73. The van der Waals surface area contributed by atoms with Crippen LogP contribution in [0.5, 0.6) is 0 Å². The van der Waals surface area contributed by atoms with Gasteiger partial charge >= 0.3 is 7.12 Å². The maximum absolute atomic E-state index is 13.8. The van der Waals surface area contributed by atoms with Gasteiger partial charge in [0.25, 0.3) is 0 Å². The molecule has 1 aliphatic rings. The third kappa shape index (κ3) is 2.37. The minimum absolute atomic E-state index is 0.288. The molecule has 1 heterocycles. The second-order valence-electron chi connectivity index (χ2n) is 5.25. The third-order valence-electron chi connectivity index (χ3n) is 3.47. The molecule has 0 amide bonds. The summed E-state index contributed by atoms with van der Waals surface area (Å²) in [5.74, 6) is -0.288. The Kier molecular flexibility index (Phi) is 3.29. The summed E-state index contributed by atoms with van der Waals surface area (Å²) < 4.78 is 26.4. The Bertz CT molecular complexity index is 432. The average molecular weight is 348 g/mol. The maximum atomic E-state index is 13.8. The Morgan fingerprint density at radius 2 is 1.65 bits per heavy atom. The van der Waals surface area contributed by atoms with Gasteiger partial charge in [-0.15, -0.1) is 0 Å². The Morgan fingerprint density at radius 1 is 1.12 bits per heavy atom. The Morgan fingerprint density at radius 3 is 2.18 bits per heavy atom. The highest BCUT2D eigenvalue weighted by Crippen LogP contribution is 2.36. The lowest BCUT2D eigenvalue weighted by atomic mass is 9.79. The topological polar surface area (TPSA) is 18.5 Å². The number of halogens is 2. The fraction of sp³-hybridized carbons (Fsp3) is 0.500. The van der Waals surface area contributed by atoms with E-state index in [0.29, 0.717) is 5.46 Å². The number of hydrogen-bond donors (Lipinski definition) is 0. The molecule has 2 rings (SSSR count). The molecular weight excluding hydrogens is 333 g/mol. The van der Waals surface area contributed by atoms with E-state index < -0.39 is 18.3 Å². The van der Waals surface area contributed by atoms with E-state index in [1.54, 1.807) is 12.1 Å². The minimum atomic E-state index is -0.630. The van der Waals surface area contributed by atoms with Crippen LogP contribution in [-0.2, 0) is 9.31 Å². The quantitative estimate of drug-likeness (QED) is 0.574. The van der Waals surface area contributed by atoms with E-state index in [9.17, 15) is 4.39 Å². The van der Waals surface area contributed by atoms with Gasteiger partial charge in [-0.3, -0.25) is 0 Å². The highest BCUT2D eigenvalue weighted by molar-refractivity contribution is 14.1. The van der Waals surface area contributed by atoms with Crippen molar-refractivity contribution in [3.8, 4) is 0 Å². The highest BCUT2D eigenvalue weighted by Gasteiger charge is 2.52. The first-order valence-corrected chi connectivity index (χ1v) is 6.61. The van der Waals surface area contributed by atoms with Crippen molar-refractivity contribution in [3.63, 3.8) is 0 Å². The summed E-state index contributed by atoms with van der Waals surface area (Å²) in [6.07, 6.45) is 0. The van der Waals surface area contributed by atoms with Crippen LogP contribution in [0.3, 0.4) is 0 Å². The van der Waals surface area contributed by atoms with Crippen LogP contribution in [0, 0.1) is 9.39 Å². The van der Waals surface area contributed by atoms with Gasteiger partial charge in [0.1, 0.15) is 5.82 Å².